The third kappa shape index (κ3) is 5.68. The van der Waals surface area contributed by atoms with E-state index >= 15 is 0 Å². The lowest BCUT2D eigenvalue weighted by molar-refractivity contribution is 0.593. The molecule has 5 aromatic carbocycles. The van der Waals surface area contributed by atoms with Gasteiger partial charge in [0.25, 0.3) is 0 Å². The first-order valence-electron chi connectivity index (χ1n) is 15.7. The number of fused-ring (bicyclic) bond motifs is 5. The van der Waals surface area contributed by atoms with E-state index in [-0.39, 0.29) is 0 Å². The fraction of sp³-hybridized carbons (Fsp3) is 0.231. The molecule has 0 radical (unpaired) electrons. The van der Waals surface area contributed by atoms with Gasteiger partial charge < -0.3 is 9.91 Å². The predicted octanol–water partition coefficient (Wildman–Crippen LogP) is 11.3. The molecule has 44 heavy (non-hydrogen) atoms. The Labute approximate surface area is 268 Å². The highest BCUT2D eigenvalue weighted by Gasteiger charge is 2.12. The molecular weight excluding hydrogens is 575 g/mol. The second kappa shape index (κ2) is 12.2. The molecule has 0 spiro atoms. The maximum atomic E-state index is 3.53. The molecule has 7 rings (SSSR count). The third-order valence-corrected chi connectivity index (χ3v) is 11.0. The lowest BCUT2D eigenvalue weighted by Gasteiger charge is -2.20. The van der Waals surface area contributed by atoms with Crippen molar-refractivity contribution in [3.05, 3.63) is 97.1 Å². The minimum Gasteiger partial charge on any atom is -0.378 e. The van der Waals surface area contributed by atoms with Crippen molar-refractivity contribution in [1.82, 2.24) is 5.43 Å². The van der Waals surface area contributed by atoms with Crippen LogP contribution in [0, 0.1) is 0 Å². The minimum atomic E-state index is 1.01. The average Bonchev–Trinajstić information content (AvgIpc) is 3.66. The van der Waals surface area contributed by atoms with Gasteiger partial charge >= 0.3 is 0 Å². The molecule has 0 bridgehead atoms. The summed E-state index contributed by atoms with van der Waals surface area (Å²) in [7, 11) is 6.28. The van der Waals surface area contributed by atoms with Gasteiger partial charge in [0.15, 0.2) is 0 Å². The van der Waals surface area contributed by atoms with Crippen LogP contribution in [0.4, 0.5) is 11.4 Å². The van der Waals surface area contributed by atoms with E-state index in [4.69, 9.17) is 0 Å². The summed E-state index contributed by atoms with van der Waals surface area (Å²) in [4.78, 5) is 4.77. The van der Waals surface area contributed by atoms with Crippen LogP contribution in [0.1, 0.15) is 32.6 Å². The smallest absolute Gasteiger partial charge is 0.0516 e. The highest BCUT2D eigenvalue weighted by molar-refractivity contribution is 7.22. The van der Waals surface area contributed by atoms with E-state index in [0.717, 1.165) is 6.54 Å². The summed E-state index contributed by atoms with van der Waals surface area (Å²) in [5, 5.41) is 10.0. The molecule has 0 aliphatic rings. The molecule has 0 saturated carbocycles. The largest absolute Gasteiger partial charge is 0.378 e. The van der Waals surface area contributed by atoms with E-state index in [9.17, 15) is 0 Å². The predicted molar refractivity (Wildman–Crippen MR) is 198 cm³/mol. The van der Waals surface area contributed by atoms with Crippen LogP contribution in [0.15, 0.2) is 97.1 Å². The highest BCUT2D eigenvalue weighted by atomic mass is 32.1. The SMILES string of the molecule is CCCCCCNN(C)c1ccc(-c2cc3cc4ccc5cc6cc(-c7ccc(N(C)C)cc7)sc6cc5c4cc3s2)cc1. The number of hydrogen-bond acceptors (Lipinski definition) is 5. The molecule has 0 atom stereocenters. The Morgan fingerprint density at radius 3 is 1.57 bits per heavy atom. The Kier molecular flexibility index (Phi) is 8.02. The Hall–Kier alpha value is -3.90. The molecule has 2 heterocycles. The summed E-state index contributed by atoms with van der Waals surface area (Å²) in [6.07, 6.45) is 5.09. The number of hydrogen-bond donors (Lipinski definition) is 1. The molecular formula is C39H39N3S2. The molecule has 2 aromatic heterocycles. The van der Waals surface area contributed by atoms with Crippen LogP contribution < -0.4 is 15.3 Å². The second-order valence-electron chi connectivity index (χ2n) is 12.0. The first-order chi connectivity index (χ1) is 21.5. The van der Waals surface area contributed by atoms with Crippen LogP contribution in [-0.4, -0.2) is 27.7 Å². The van der Waals surface area contributed by atoms with Gasteiger partial charge in [0.2, 0.25) is 0 Å². The van der Waals surface area contributed by atoms with Gasteiger partial charge in [-0.3, -0.25) is 0 Å². The van der Waals surface area contributed by atoms with E-state index in [0.29, 0.717) is 0 Å². The molecule has 0 aliphatic heterocycles. The van der Waals surface area contributed by atoms with Gasteiger partial charge in [0, 0.05) is 52.5 Å². The first kappa shape index (κ1) is 28.8. The quantitative estimate of drug-likeness (QED) is 0.0940. The zero-order valence-corrected chi connectivity index (χ0v) is 27.6. The zero-order chi connectivity index (χ0) is 30.2. The summed E-state index contributed by atoms with van der Waals surface area (Å²) in [5.41, 5.74) is 8.49. The van der Waals surface area contributed by atoms with Crippen LogP contribution in [-0.2, 0) is 0 Å². The van der Waals surface area contributed by atoms with Crippen molar-refractivity contribution in [2.24, 2.45) is 0 Å². The van der Waals surface area contributed by atoms with Gasteiger partial charge in [0.1, 0.15) is 0 Å². The van der Waals surface area contributed by atoms with Crippen molar-refractivity contribution < 1.29 is 0 Å². The van der Waals surface area contributed by atoms with Crippen molar-refractivity contribution in [2.45, 2.75) is 32.6 Å². The molecule has 0 fully saturated rings. The number of rotatable bonds is 10. The van der Waals surface area contributed by atoms with E-state index in [2.05, 4.69) is 140 Å². The molecule has 0 aliphatic carbocycles. The summed E-state index contributed by atoms with van der Waals surface area (Å²) in [6, 6.07) is 36.6. The average molecular weight is 614 g/mol. The van der Waals surface area contributed by atoms with E-state index < -0.39 is 0 Å². The minimum absolute atomic E-state index is 1.01. The Balaban J connectivity index is 1.18. The fourth-order valence-electron chi connectivity index (χ4n) is 6.08. The monoisotopic (exact) mass is 613 g/mol. The fourth-order valence-corrected chi connectivity index (χ4v) is 8.26. The topological polar surface area (TPSA) is 18.5 Å². The molecule has 0 saturated heterocycles. The third-order valence-electron chi connectivity index (χ3n) is 8.70. The summed E-state index contributed by atoms with van der Waals surface area (Å²) >= 11 is 3.77. The molecule has 5 heteroatoms. The van der Waals surface area contributed by atoms with E-state index in [1.807, 2.05) is 22.7 Å². The Morgan fingerprint density at radius 1 is 0.545 bits per heavy atom. The molecule has 222 valence electrons. The summed E-state index contributed by atoms with van der Waals surface area (Å²) in [6.45, 7) is 3.27. The van der Waals surface area contributed by atoms with Crippen LogP contribution >= 0.6 is 22.7 Å². The van der Waals surface area contributed by atoms with Crippen molar-refractivity contribution in [3.8, 4) is 20.9 Å². The van der Waals surface area contributed by atoms with E-state index in [1.54, 1.807) is 0 Å². The molecule has 7 aromatic rings. The van der Waals surface area contributed by atoms with Gasteiger partial charge in [-0.25, -0.2) is 5.43 Å². The maximum absolute atomic E-state index is 3.53. The number of unbranched alkanes of at least 4 members (excludes halogenated alkanes) is 3. The lowest BCUT2D eigenvalue weighted by Crippen LogP contribution is -2.34. The highest BCUT2D eigenvalue weighted by Crippen LogP contribution is 2.41. The number of nitrogens with one attached hydrogen (secondary N) is 1. The number of thiophene rings is 2. The Morgan fingerprint density at radius 2 is 1.07 bits per heavy atom. The molecule has 0 amide bonds. The van der Waals surface area contributed by atoms with Crippen molar-refractivity contribution in [3.63, 3.8) is 0 Å². The number of hydrazine groups is 1. The number of anilines is 2. The normalized spacial score (nSPS) is 11.7. The van der Waals surface area contributed by atoms with Gasteiger partial charge in [-0.1, -0.05) is 62.6 Å². The van der Waals surface area contributed by atoms with Crippen molar-refractivity contribution in [1.29, 1.82) is 0 Å². The lowest BCUT2D eigenvalue weighted by atomic mass is 9.99. The van der Waals surface area contributed by atoms with Crippen LogP contribution in [0.25, 0.3) is 62.6 Å². The summed E-state index contributed by atoms with van der Waals surface area (Å²) < 4.78 is 2.67. The van der Waals surface area contributed by atoms with Crippen LogP contribution in [0.3, 0.4) is 0 Å². The molecule has 3 nitrogen and oxygen atoms in total. The van der Waals surface area contributed by atoms with Gasteiger partial charge in [-0.05, 0) is 111 Å². The molecule has 0 unspecified atom stereocenters. The van der Waals surface area contributed by atoms with Crippen molar-refractivity contribution >= 4 is 75.8 Å². The van der Waals surface area contributed by atoms with Gasteiger partial charge in [0.05, 0.1) is 5.69 Å². The van der Waals surface area contributed by atoms with E-state index in [1.165, 1.54) is 99.7 Å². The van der Waals surface area contributed by atoms with Gasteiger partial charge in [-0.15, -0.1) is 22.7 Å². The van der Waals surface area contributed by atoms with Gasteiger partial charge in [-0.2, -0.15) is 0 Å². The van der Waals surface area contributed by atoms with Crippen LogP contribution in [0.5, 0.6) is 0 Å². The standard InChI is InChI=1S/C39H39N3S2/c1-5-6-7-8-19-40-42(4)33-17-13-27(14-18-33)37-23-31-21-29-10-9-28-20-30-22-36(26-11-15-32(16-12-26)41(2)3)43-38(30)24-34(28)35(29)25-39(31)44-37/h9-18,20-25,40H,5-8,19H2,1-4H3. The summed E-state index contributed by atoms with van der Waals surface area (Å²) in [5.74, 6) is 0. The second-order valence-corrected chi connectivity index (χ2v) is 14.2. The van der Waals surface area contributed by atoms with Crippen molar-refractivity contribution in [2.75, 3.05) is 37.6 Å². The zero-order valence-electron chi connectivity index (χ0n) is 26.0. The number of benzene rings is 5. The maximum Gasteiger partial charge on any atom is 0.0516 e. The van der Waals surface area contributed by atoms with Crippen LogP contribution in [0.2, 0.25) is 0 Å². The number of nitrogens with zero attached hydrogens (tertiary/aromatic N) is 2. The molecule has 1 N–H and O–H groups in total. The first-order valence-corrected chi connectivity index (χ1v) is 17.3. The Bertz CT molecular complexity index is 2070.